The molecule has 1 saturated heterocycles. The van der Waals surface area contributed by atoms with Gasteiger partial charge in [-0.25, -0.2) is 0 Å². The highest BCUT2D eigenvalue weighted by molar-refractivity contribution is 6.30. The molecule has 2 amide bonds. The number of rotatable bonds is 7. The van der Waals surface area contributed by atoms with E-state index >= 15 is 0 Å². The first-order chi connectivity index (χ1) is 14.8. The molecule has 0 radical (unpaired) electrons. The van der Waals surface area contributed by atoms with Gasteiger partial charge in [0.15, 0.2) is 12.7 Å². The number of benzene rings is 2. The second-order valence-corrected chi connectivity index (χ2v) is 8.37. The minimum Gasteiger partial charge on any atom is -0.484 e. The maximum atomic E-state index is 12.8. The summed E-state index contributed by atoms with van der Waals surface area (Å²) in [5.74, 6) is 1.55. The third-order valence-corrected chi connectivity index (χ3v) is 5.58. The average Bonchev–Trinajstić information content (AvgIpc) is 2.78. The molecule has 1 unspecified atom stereocenters. The summed E-state index contributed by atoms with van der Waals surface area (Å²) >= 11 is 5.85. The molecule has 1 fully saturated rings. The number of amides is 2. The van der Waals surface area contributed by atoms with Gasteiger partial charge in [0.25, 0.3) is 11.8 Å². The molecule has 31 heavy (non-hydrogen) atoms. The Morgan fingerprint density at radius 1 is 0.871 bits per heavy atom. The van der Waals surface area contributed by atoms with Crippen LogP contribution in [0.2, 0.25) is 5.02 Å². The van der Waals surface area contributed by atoms with Crippen LogP contribution in [0.5, 0.6) is 11.5 Å². The van der Waals surface area contributed by atoms with Gasteiger partial charge in [0.05, 0.1) is 0 Å². The zero-order valence-electron chi connectivity index (χ0n) is 18.2. The highest BCUT2D eigenvalue weighted by Crippen LogP contribution is 2.20. The van der Waals surface area contributed by atoms with E-state index in [-0.39, 0.29) is 18.4 Å². The highest BCUT2D eigenvalue weighted by Gasteiger charge is 2.28. The molecule has 7 heteroatoms. The van der Waals surface area contributed by atoms with Crippen LogP contribution in [0.15, 0.2) is 48.5 Å². The van der Waals surface area contributed by atoms with Crippen molar-refractivity contribution in [3.8, 4) is 11.5 Å². The Morgan fingerprint density at radius 2 is 1.42 bits per heavy atom. The van der Waals surface area contributed by atoms with Gasteiger partial charge in [0.2, 0.25) is 0 Å². The van der Waals surface area contributed by atoms with Gasteiger partial charge in [-0.05, 0) is 54.8 Å². The Hall–Kier alpha value is -2.73. The smallest absolute Gasteiger partial charge is 0.263 e. The molecule has 1 aliphatic heterocycles. The lowest BCUT2D eigenvalue weighted by Gasteiger charge is -2.35. The Kier molecular flexibility index (Phi) is 7.80. The molecule has 1 atom stereocenters. The summed E-state index contributed by atoms with van der Waals surface area (Å²) in [5, 5.41) is 0.616. The number of ether oxygens (including phenoxy) is 2. The zero-order chi connectivity index (χ0) is 22.4. The lowest BCUT2D eigenvalue weighted by molar-refractivity contribution is -0.144. The fraction of sp³-hybridized carbons (Fsp3) is 0.417. The number of carbonyl (C=O) groups is 2. The van der Waals surface area contributed by atoms with E-state index in [1.165, 1.54) is 5.56 Å². The zero-order valence-corrected chi connectivity index (χ0v) is 19.0. The van der Waals surface area contributed by atoms with Gasteiger partial charge in [0.1, 0.15) is 11.5 Å². The fourth-order valence-electron chi connectivity index (χ4n) is 3.39. The molecule has 3 rings (SSSR count). The van der Waals surface area contributed by atoms with Gasteiger partial charge >= 0.3 is 0 Å². The molecular weight excluding hydrogens is 416 g/mol. The number of hydrogen-bond acceptors (Lipinski definition) is 4. The molecular formula is C24H29ClN2O4. The first kappa shape index (κ1) is 22.9. The number of piperazine rings is 1. The third kappa shape index (κ3) is 6.37. The summed E-state index contributed by atoms with van der Waals surface area (Å²) in [6, 6.07) is 14.7. The van der Waals surface area contributed by atoms with Gasteiger partial charge in [-0.1, -0.05) is 37.6 Å². The van der Waals surface area contributed by atoms with Gasteiger partial charge in [-0.3, -0.25) is 9.59 Å². The van der Waals surface area contributed by atoms with Crippen LogP contribution in [0.1, 0.15) is 32.3 Å². The summed E-state index contributed by atoms with van der Waals surface area (Å²) < 4.78 is 11.4. The monoisotopic (exact) mass is 444 g/mol. The second-order valence-electron chi connectivity index (χ2n) is 7.93. The van der Waals surface area contributed by atoms with Crippen LogP contribution < -0.4 is 9.47 Å². The molecule has 0 bridgehead atoms. The van der Waals surface area contributed by atoms with Gasteiger partial charge in [-0.2, -0.15) is 0 Å². The van der Waals surface area contributed by atoms with E-state index < -0.39 is 6.10 Å². The van der Waals surface area contributed by atoms with Crippen molar-refractivity contribution in [1.29, 1.82) is 0 Å². The van der Waals surface area contributed by atoms with E-state index in [1.54, 1.807) is 41.0 Å². The first-order valence-electron chi connectivity index (χ1n) is 10.5. The number of halogens is 1. The molecule has 6 nitrogen and oxygen atoms in total. The Bertz CT molecular complexity index is 875. The molecule has 0 N–H and O–H groups in total. The van der Waals surface area contributed by atoms with E-state index in [1.807, 2.05) is 24.3 Å². The predicted octanol–water partition coefficient (Wildman–Crippen LogP) is 3.98. The van der Waals surface area contributed by atoms with Crippen LogP contribution in [0.4, 0.5) is 0 Å². The molecule has 0 aliphatic carbocycles. The van der Waals surface area contributed by atoms with E-state index in [4.69, 9.17) is 21.1 Å². The van der Waals surface area contributed by atoms with Crippen LogP contribution in [-0.4, -0.2) is 60.5 Å². The maximum Gasteiger partial charge on any atom is 0.263 e. The second kappa shape index (κ2) is 10.5. The van der Waals surface area contributed by atoms with Crippen molar-refractivity contribution in [3.05, 3.63) is 59.1 Å². The minimum absolute atomic E-state index is 0.0402. The first-order valence-corrected chi connectivity index (χ1v) is 10.9. The number of nitrogens with zero attached hydrogens (tertiary/aromatic N) is 2. The molecule has 0 spiro atoms. The standard InChI is InChI=1S/C24H29ClN2O4/c1-17(2)19-4-8-22(9-5-19)31-18(3)24(29)27-14-12-26(13-15-27)23(28)16-30-21-10-6-20(25)7-11-21/h4-11,17-18H,12-16H2,1-3H3. The van der Waals surface area contributed by atoms with Crippen molar-refractivity contribution in [1.82, 2.24) is 9.80 Å². The van der Waals surface area contributed by atoms with Gasteiger partial charge in [0, 0.05) is 31.2 Å². The number of hydrogen-bond donors (Lipinski definition) is 0. The van der Waals surface area contributed by atoms with E-state index in [0.717, 1.165) is 0 Å². The quantitative estimate of drug-likeness (QED) is 0.648. The Labute approximate surface area is 188 Å². The van der Waals surface area contributed by atoms with Crippen molar-refractivity contribution in [2.75, 3.05) is 32.8 Å². The van der Waals surface area contributed by atoms with Crippen molar-refractivity contribution in [3.63, 3.8) is 0 Å². The van der Waals surface area contributed by atoms with Crippen molar-refractivity contribution in [2.45, 2.75) is 32.8 Å². The summed E-state index contributed by atoms with van der Waals surface area (Å²) in [5.41, 5.74) is 1.23. The van der Waals surface area contributed by atoms with Gasteiger partial charge in [-0.15, -0.1) is 0 Å². The maximum absolute atomic E-state index is 12.8. The minimum atomic E-state index is -0.583. The summed E-state index contributed by atoms with van der Waals surface area (Å²) in [4.78, 5) is 28.6. The van der Waals surface area contributed by atoms with E-state index in [2.05, 4.69) is 13.8 Å². The molecule has 0 saturated carbocycles. The van der Waals surface area contributed by atoms with Crippen molar-refractivity contribution < 1.29 is 19.1 Å². The largest absolute Gasteiger partial charge is 0.484 e. The lowest BCUT2D eigenvalue weighted by atomic mass is 10.0. The fourth-order valence-corrected chi connectivity index (χ4v) is 3.51. The molecule has 2 aromatic carbocycles. The van der Waals surface area contributed by atoms with Crippen LogP contribution in [-0.2, 0) is 9.59 Å². The molecule has 0 aromatic heterocycles. The predicted molar refractivity (Wildman–Crippen MR) is 121 cm³/mol. The lowest BCUT2D eigenvalue weighted by Crippen LogP contribution is -2.54. The van der Waals surface area contributed by atoms with Crippen molar-refractivity contribution >= 4 is 23.4 Å². The normalized spacial score (nSPS) is 15.0. The van der Waals surface area contributed by atoms with Gasteiger partial charge < -0.3 is 19.3 Å². The Balaban J connectivity index is 1.44. The van der Waals surface area contributed by atoms with Crippen LogP contribution >= 0.6 is 11.6 Å². The van der Waals surface area contributed by atoms with E-state index in [0.29, 0.717) is 48.6 Å². The topological polar surface area (TPSA) is 59.1 Å². The van der Waals surface area contributed by atoms with Crippen LogP contribution in [0.3, 0.4) is 0 Å². The highest BCUT2D eigenvalue weighted by atomic mass is 35.5. The third-order valence-electron chi connectivity index (χ3n) is 5.33. The van der Waals surface area contributed by atoms with Crippen LogP contribution in [0.25, 0.3) is 0 Å². The molecule has 1 heterocycles. The Morgan fingerprint density at radius 3 is 2.00 bits per heavy atom. The average molecular weight is 445 g/mol. The SMILES string of the molecule is CC(Oc1ccc(C(C)C)cc1)C(=O)N1CCN(C(=O)COc2ccc(Cl)cc2)CC1. The van der Waals surface area contributed by atoms with Crippen LogP contribution in [0, 0.1) is 0 Å². The molecule has 166 valence electrons. The summed E-state index contributed by atoms with van der Waals surface area (Å²) in [7, 11) is 0. The summed E-state index contributed by atoms with van der Waals surface area (Å²) in [6.07, 6.45) is -0.583. The number of carbonyl (C=O) groups excluding carboxylic acids is 2. The van der Waals surface area contributed by atoms with E-state index in [9.17, 15) is 9.59 Å². The molecule has 1 aliphatic rings. The molecule has 2 aromatic rings. The van der Waals surface area contributed by atoms with Crippen molar-refractivity contribution in [2.24, 2.45) is 0 Å². The summed E-state index contributed by atoms with van der Waals surface area (Å²) in [6.45, 7) is 7.90.